The maximum atomic E-state index is 12.5. The Hall–Kier alpha value is -2.66. The molecule has 0 bridgehead atoms. The molecule has 5 heteroatoms. The number of benzene rings is 2. The fraction of sp³-hybridized carbons (Fsp3) is 0.364. The van der Waals surface area contributed by atoms with E-state index in [1.807, 2.05) is 64.1 Å². The van der Waals surface area contributed by atoms with Crippen molar-refractivity contribution in [2.24, 2.45) is 0 Å². The zero-order valence-corrected chi connectivity index (χ0v) is 17.0. The van der Waals surface area contributed by atoms with Gasteiger partial charge in [-0.3, -0.25) is 14.5 Å². The molecule has 27 heavy (non-hydrogen) atoms. The molecule has 0 heterocycles. The van der Waals surface area contributed by atoms with Crippen LogP contribution in [0.1, 0.15) is 29.2 Å². The summed E-state index contributed by atoms with van der Waals surface area (Å²) in [6, 6.07) is 11.3. The maximum absolute atomic E-state index is 12.5. The van der Waals surface area contributed by atoms with Crippen molar-refractivity contribution in [3.05, 3.63) is 58.7 Å². The summed E-state index contributed by atoms with van der Waals surface area (Å²) in [4.78, 5) is 26.7. The Morgan fingerprint density at radius 1 is 0.963 bits per heavy atom. The molecule has 1 unspecified atom stereocenters. The number of hydrogen-bond acceptors (Lipinski definition) is 3. The predicted octanol–water partition coefficient (Wildman–Crippen LogP) is 3.82. The summed E-state index contributed by atoms with van der Waals surface area (Å²) >= 11 is 0. The fourth-order valence-corrected chi connectivity index (χ4v) is 2.83. The average molecular weight is 367 g/mol. The van der Waals surface area contributed by atoms with Crippen LogP contribution in [-0.2, 0) is 9.59 Å². The van der Waals surface area contributed by atoms with Crippen LogP contribution < -0.4 is 10.6 Å². The first-order chi connectivity index (χ1) is 12.7. The third-order valence-electron chi connectivity index (χ3n) is 4.95. The molecule has 0 saturated carbocycles. The van der Waals surface area contributed by atoms with Gasteiger partial charge < -0.3 is 10.6 Å². The van der Waals surface area contributed by atoms with E-state index in [9.17, 15) is 9.59 Å². The molecule has 0 aliphatic rings. The lowest BCUT2D eigenvalue weighted by Gasteiger charge is -2.24. The summed E-state index contributed by atoms with van der Waals surface area (Å²) < 4.78 is 0. The number of nitrogens with zero attached hydrogens (tertiary/aromatic N) is 1. The zero-order valence-electron chi connectivity index (χ0n) is 17.0. The highest BCUT2D eigenvalue weighted by atomic mass is 16.2. The van der Waals surface area contributed by atoms with Crippen LogP contribution in [0.2, 0.25) is 0 Å². The van der Waals surface area contributed by atoms with Crippen molar-refractivity contribution in [1.82, 2.24) is 4.90 Å². The van der Waals surface area contributed by atoms with Gasteiger partial charge in [-0.15, -0.1) is 0 Å². The molecule has 5 nitrogen and oxygen atoms in total. The van der Waals surface area contributed by atoms with Crippen LogP contribution in [0.4, 0.5) is 11.4 Å². The molecule has 144 valence electrons. The van der Waals surface area contributed by atoms with Crippen molar-refractivity contribution in [2.45, 2.75) is 40.7 Å². The largest absolute Gasteiger partial charge is 0.325 e. The highest BCUT2D eigenvalue weighted by molar-refractivity contribution is 5.96. The molecular weight excluding hydrogens is 338 g/mol. The zero-order chi connectivity index (χ0) is 20.1. The van der Waals surface area contributed by atoms with Gasteiger partial charge in [0.2, 0.25) is 11.8 Å². The predicted molar refractivity (Wildman–Crippen MR) is 111 cm³/mol. The van der Waals surface area contributed by atoms with Crippen LogP contribution in [0, 0.1) is 27.7 Å². The molecule has 2 N–H and O–H groups in total. The van der Waals surface area contributed by atoms with Gasteiger partial charge in [-0.2, -0.15) is 0 Å². The minimum absolute atomic E-state index is 0.134. The van der Waals surface area contributed by atoms with Gasteiger partial charge in [0.15, 0.2) is 0 Å². The molecule has 0 fully saturated rings. The van der Waals surface area contributed by atoms with E-state index in [0.29, 0.717) is 0 Å². The molecule has 2 aromatic rings. The number of amides is 2. The Morgan fingerprint density at radius 3 is 2.33 bits per heavy atom. The van der Waals surface area contributed by atoms with Crippen molar-refractivity contribution in [2.75, 3.05) is 24.2 Å². The molecule has 2 rings (SSSR count). The van der Waals surface area contributed by atoms with Crippen molar-refractivity contribution in [3.8, 4) is 0 Å². The fourth-order valence-electron chi connectivity index (χ4n) is 2.83. The third-order valence-corrected chi connectivity index (χ3v) is 4.95. The Bertz CT molecular complexity index is 845. The van der Waals surface area contributed by atoms with Crippen LogP contribution in [0.25, 0.3) is 0 Å². The molecule has 1 atom stereocenters. The molecule has 0 saturated heterocycles. The summed E-state index contributed by atoms with van der Waals surface area (Å²) in [5.74, 6) is -0.277. The van der Waals surface area contributed by atoms with Crippen LogP contribution >= 0.6 is 0 Å². The standard InChI is InChI=1S/C22H29N3O2/c1-14-10-11-19(16(3)12-14)24-22(27)18(5)25(6)13-21(26)23-20-9-7-8-15(2)17(20)4/h7-12,18H,13H2,1-6H3,(H,23,26)(H,24,27). The monoisotopic (exact) mass is 367 g/mol. The van der Waals surface area contributed by atoms with Gasteiger partial charge in [-0.05, 0) is 70.5 Å². The molecule has 2 aromatic carbocycles. The van der Waals surface area contributed by atoms with Gasteiger partial charge in [0.05, 0.1) is 12.6 Å². The molecule has 0 aromatic heterocycles. The lowest BCUT2D eigenvalue weighted by atomic mass is 10.1. The van der Waals surface area contributed by atoms with Gasteiger partial charge in [-0.25, -0.2) is 0 Å². The molecule has 0 aliphatic heterocycles. The normalized spacial score (nSPS) is 12.0. The topological polar surface area (TPSA) is 61.4 Å². The summed E-state index contributed by atoms with van der Waals surface area (Å²) in [5, 5.41) is 5.87. The molecule has 2 amide bonds. The Labute approximate surface area is 161 Å². The SMILES string of the molecule is Cc1ccc(NC(=O)C(C)N(C)CC(=O)Nc2cccc(C)c2C)c(C)c1. The van der Waals surface area contributed by atoms with E-state index in [2.05, 4.69) is 10.6 Å². The number of carbonyl (C=O) groups excluding carboxylic acids is 2. The summed E-state index contributed by atoms with van der Waals surface area (Å²) in [6.45, 7) is 9.91. The number of anilines is 2. The van der Waals surface area contributed by atoms with E-state index < -0.39 is 6.04 Å². The smallest absolute Gasteiger partial charge is 0.241 e. The highest BCUT2D eigenvalue weighted by Gasteiger charge is 2.21. The molecule has 0 radical (unpaired) electrons. The summed E-state index contributed by atoms with van der Waals surface area (Å²) in [5.41, 5.74) is 5.95. The number of likely N-dealkylation sites (N-methyl/N-ethyl adjacent to an activating group) is 1. The number of rotatable bonds is 6. The minimum atomic E-state index is -0.435. The van der Waals surface area contributed by atoms with Crippen LogP contribution in [-0.4, -0.2) is 36.3 Å². The first kappa shape index (κ1) is 20.6. The van der Waals surface area contributed by atoms with E-state index in [0.717, 1.165) is 33.6 Å². The van der Waals surface area contributed by atoms with Crippen molar-refractivity contribution in [3.63, 3.8) is 0 Å². The minimum Gasteiger partial charge on any atom is -0.325 e. The van der Waals surface area contributed by atoms with Gasteiger partial charge in [-0.1, -0.05) is 29.8 Å². The van der Waals surface area contributed by atoms with E-state index in [1.54, 1.807) is 18.9 Å². The van der Waals surface area contributed by atoms with Gasteiger partial charge in [0.25, 0.3) is 0 Å². The van der Waals surface area contributed by atoms with Crippen LogP contribution in [0.15, 0.2) is 36.4 Å². The van der Waals surface area contributed by atoms with Gasteiger partial charge in [0, 0.05) is 11.4 Å². The second-order valence-electron chi connectivity index (χ2n) is 7.19. The average Bonchev–Trinajstić information content (AvgIpc) is 2.60. The number of hydrogen-bond donors (Lipinski definition) is 2. The first-order valence-corrected chi connectivity index (χ1v) is 9.13. The highest BCUT2D eigenvalue weighted by Crippen LogP contribution is 2.18. The lowest BCUT2D eigenvalue weighted by Crippen LogP contribution is -2.43. The number of carbonyl (C=O) groups is 2. The van der Waals surface area contributed by atoms with Crippen molar-refractivity contribution >= 4 is 23.2 Å². The van der Waals surface area contributed by atoms with E-state index in [1.165, 1.54) is 0 Å². The van der Waals surface area contributed by atoms with Crippen LogP contribution in [0.5, 0.6) is 0 Å². The molecule has 0 aliphatic carbocycles. The Morgan fingerprint density at radius 2 is 1.67 bits per heavy atom. The third kappa shape index (κ3) is 5.41. The summed E-state index contributed by atoms with van der Waals surface area (Å²) in [7, 11) is 1.77. The van der Waals surface area contributed by atoms with Gasteiger partial charge >= 0.3 is 0 Å². The van der Waals surface area contributed by atoms with Crippen molar-refractivity contribution in [1.29, 1.82) is 0 Å². The van der Waals surface area contributed by atoms with E-state index in [-0.39, 0.29) is 18.4 Å². The number of nitrogens with one attached hydrogen (secondary N) is 2. The van der Waals surface area contributed by atoms with E-state index in [4.69, 9.17) is 0 Å². The Balaban J connectivity index is 1.95. The first-order valence-electron chi connectivity index (χ1n) is 9.13. The Kier molecular flexibility index (Phi) is 6.75. The second-order valence-corrected chi connectivity index (χ2v) is 7.19. The molecule has 0 spiro atoms. The number of aryl methyl sites for hydroxylation is 3. The van der Waals surface area contributed by atoms with Crippen LogP contribution in [0.3, 0.4) is 0 Å². The lowest BCUT2D eigenvalue weighted by molar-refractivity contribution is -0.122. The van der Waals surface area contributed by atoms with Crippen molar-refractivity contribution < 1.29 is 9.59 Å². The second kappa shape index (κ2) is 8.82. The maximum Gasteiger partial charge on any atom is 0.241 e. The summed E-state index contributed by atoms with van der Waals surface area (Å²) in [6.07, 6.45) is 0. The quantitative estimate of drug-likeness (QED) is 0.816. The molecular formula is C22H29N3O2. The van der Waals surface area contributed by atoms with E-state index >= 15 is 0 Å². The van der Waals surface area contributed by atoms with Gasteiger partial charge in [0.1, 0.15) is 0 Å².